The number of amides is 1. The Morgan fingerprint density at radius 1 is 0.973 bits per heavy atom. The van der Waals surface area contributed by atoms with Gasteiger partial charge in [-0.25, -0.2) is 9.78 Å². The predicted molar refractivity (Wildman–Crippen MR) is 153 cm³/mol. The lowest BCUT2D eigenvalue weighted by molar-refractivity contribution is 0.0527. The minimum absolute atomic E-state index is 0.251. The third-order valence-corrected chi connectivity index (χ3v) is 8.37. The van der Waals surface area contributed by atoms with E-state index in [9.17, 15) is 9.59 Å². The Morgan fingerprint density at radius 3 is 2.27 bits per heavy atom. The molecule has 2 aromatic carbocycles. The maximum absolute atomic E-state index is 13.5. The van der Waals surface area contributed by atoms with Gasteiger partial charge in [-0.2, -0.15) is 0 Å². The summed E-state index contributed by atoms with van der Waals surface area (Å²) in [6.45, 7) is 5.77. The van der Waals surface area contributed by atoms with Crippen LogP contribution in [0.15, 0.2) is 66.7 Å². The number of pyridine rings is 1. The van der Waals surface area contributed by atoms with E-state index in [1.54, 1.807) is 6.92 Å². The summed E-state index contributed by atoms with van der Waals surface area (Å²) in [6.07, 6.45) is 0. The van der Waals surface area contributed by atoms with Crippen molar-refractivity contribution in [2.45, 2.75) is 20.8 Å². The van der Waals surface area contributed by atoms with Gasteiger partial charge in [0.05, 0.1) is 23.6 Å². The molecule has 8 heteroatoms. The molecule has 5 rings (SSSR count). The molecular weight excluding hydrogens is 502 g/mol. The number of thiophene rings is 2. The normalized spacial score (nSPS) is 11.0. The molecule has 3 heterocycles. The number of hydrogen-bond acceptors (Lipinski definition) is 7. The Hall–Kier alpha value is -4.01. The first kappa shape index (κ1) is 24.7. The molecule has 0 fully saturated rings. The maximum atomic E-state index is 13.5. The standard InChI is InChI=1S/C29H25N3O3S2/c1-4-35-29(34)22-16(2)17(3)36-27(22)32-26(33)25-24(30)23-20(18-11-7-5-8-12-18)15-21(31-28(23)37-25)19-13-9-6-10-14-19/h5-15H,4,30H2,1-3H3,(H,32,33). The van der Waals surface area contributed by atoms with Crippen molar-refractivity contribution in [3.05, 3.63) is 87.6 Å². The third kappa shape index (κ3) is 4.61. The molecule has 0 spiro atoms. The zero-order chi connectivity index (χ0) is 26.1. The fourth-order valence-corrected chi connectivity index (χ4v) is 6.27. The fourth-order valence-electron chi connectivity index (χ4n) is 4.22. The van der Waals surface area contributed by atoms with Crippen LogP contribution in [0.2, 0.25) is 0 Å². The van der Waals surface area contributed by atoms with E-state index in [0.717, 1.165) is 38.2 Å². The second-order valence-electron chi connectivity index (χ2n) is 8.47. The van der Waals surface area contributed by atoms with Crippen molar-refractivity contribution in [2.24, 2.45) is 0 Å². The summed E-state index contributed by atoms with van der Waals surface area (Å²) >= 11 is 2.59. The molecule has 0 bridgehead atoms. The lowest BCUT2D eigenvalue weighted by Crippen LogP contribution is -2.15. The molecule has 186 valence electrons. The van der Waals surface area contributed by atoms with E-state index in [1.807, 2.05) is 80.6 Å². The SMILES string of the molecule is CCOC(=O)c1c(NC(=O)c2sc3nc(-c4ccccc4)cc(-c4ccccc4)c3c2N)sc(C)c1C. The highest BCUT2D eigenvalue weighted by Gasteiger charge is 2.26. The average molecular weight is 528 g/mol. The smallest absolute Gasteiger partial charge is 0.341 e. The largest absolute Gasteiger partial charge is 0.462 e. The van der Waals surface area contributed by atoms with E-state index in [4.69, 9.17) is 15.5 Å². The summed E-state index contributed by atoms with van der Waals surface area (Å²) in [7, 11) is 0. The molecule has 0 aliphatic heterocycles. The van der Waals surface area contributed by atoms with Crippen LogP contribution in [0.3, 0.4) is 0 Å². The highest BCUT2D eigenvalue weighted by atomic mass is 32.1. The van der Waals surface area contributed by atoms with Crippen LogP contribution >= 0.6 is 22.7 Å². The number of fused-ring (bicyclic) bond motifs is 1. The summed E-state index contributed by atoms with van der Waals surface area (Å²) in [6, 6.07) is 21.9. The Morgan fingerprint density at radius 2 is 1.62 bits per heavy atom. The number of aryl methyl sites for hydroxylation is 1. The lowest BCUT2D eigenvalue weighted by atomic mass is 9.99. The van der Waals surface area contributed by atoms with Crippen molar-refractivity contribution in [2.75, 3.05) is 17.7 Å². The monoisotopic (exact) mass is 527 g/mol. The van der Waals surface area contributed by atoms with Crippen LogP contribution in [0.4, 0.5) is 10.7 Å². The van der Waals surface area contributed by atoms with Gasteiger partial charge < -0.3 is 15.8 Å². The van der Waals surface area contributed by atoms with E-state index in [1.165, 1.54) is 22.7 Å². The number of nitrogens with two attached hydrogens (primary N) is 1. The van der Waals surface area contributed by atoms with Crippen LogP contribution in [-0.2, 0) is 4.74 Å². The van der Waals surface area contributed by atoms with Crippen LogP contribution < -0.4 is 11.1 Å². The third-order valence-electron chi connectivity index (χ3n) is 6.15. The minimum atomic E-state index is -0.454. The van der Waals surface area contributed by atoms with Crippen molar-refractivity contribution < 1.29 is 14.3 Å². The summed E-state index contributed by atoms with van der Waals surface area (Å²) < 4.78 is 5.23. The second kappa shape index (κ2) is 10.2. The number of benzene rings is 2. The number of ether oxygens (including phenoxy) is 1. The summed E-state index contributed by atoms with van der Waals surface area (Å²) in [5.74, 6) is -0.836. The summed E-state index contributed by atoms with van der Waals surface area (Å²) in [5, 5.41) is 4.11. The first-order valence-corrected chi connectivity index (χ1v) is 13.4. The number of carbonyl (C=O) groups is 2. The van der Waals surface area contributed by atoms with Crippen LogP contribution in [0, 0.1) is 13.8 Å². The predicted octanol–water partition coefficient (Wildman–Crippen LogP) is 7.32. The van der Waals surface area contributed by atoms with Crippen molar-refractivity contribution in [3.8, 4) is 22.4 Å². The van der Waals surface area contributed by atoms with Gasteiger partial charge in [-0.05, 0) is 43.5 Å². The Kier molecular flexibility index (Phi) is 6.78. The van der Waals surface area contributed by atoms with Gasteiger partial charge in [-0.1, -0.05) is 60.7 Å². The number of nitrogen functional groups attached to an aromatic ring is 1. The van der Waals surface area contributed by atoms with Gasteiger partial charge in [-0.15, -0.1) is 22.7 Å². The maximum Gasteiger partial charge on any atom is 0.341 e. The van der Waals surface area contributed by atoms with Gasteiger partial charge in [0.25, 0.3) is 5.91 Å². The first-order chi connectivity index (χ1) is 17.9. The van der Waals surface area contributed by atoms with Gasteiger partial charge in [0.15, 0.2) is 0 Å². The number of nitrogens with zero attached hydrogens (tertiary/aromatic N) is 1. The minimum Gasteiger partial charge on any atom is -0.462 e. The van der Waals surface area contributed by atoms with E-state index in [0.29, 0.717) is 26.0 Å². The molecule has 0 aliphatic carbocycles. The van der Waals surface area contributed by atoms with E-state index in [2.05, 4.69) is 5.32 Å². The molecule has 0 saturated carbocycles. The van der Waals surface area contributed by atoms with Crippen LogP contribution in [-0.4, -0.2) is 23.5 Å². The molecule has 3 aromatic heterocycles. The highest BCUT2D eigenvalue weighted by Crippen LogP contribution is 2.42. The van der Waals surface area contributed by atoms with Crippen molar-refractivity contribution >= 4 is 55.5 Å². The van der Waals surface area contributed by atoms with Crippen molar-refractivity contribution in [1.29, 1.82) is 0 Å². The number of aromatic nitrogens is 1. The Bertz CT molecular complexity index is 1620. The molecule has 0 radical (unpaired) electrons. The number of esters is 1. The van der Waals surface area contributed by atoms with Gasteiger partial charge >= 0.3 is 5.97 Å². The molecule has 3 N–H and O–H groups in total. The summed E-state index contributed by atoms with van der Waals surface area (Å²) in [4.78, 5) is 32.9. The zero-order valence-electron chi connectivity index (χ0n) is 20.6. The fraction of sp³-hybridized carbons (Fsp3) is 0.138. The van der Waals surface area contributed by atoms with Crippen LogP contribution in [0.5, 0.6) is 0 Å². The topological polar surface area (TPSA) is 94.3 Å². The molecule has 0 atom stereocenters. The average Bonchev–Trinajstić information content (AvgIpc) is 3.39. The van der Waals surface area contributed by atoms with Crippen molar-refractivity contribution in [3.63, 3.8) is 0 Å². The van der Waals surface area contributed by atoms with E-state index >= 15 is 0 Å². The Labute approximate surface area is 222 Å². The second-order valence-corrected chi connectivity index (χ2v) is 10.7. The molecule has 37 heavy (non-hydrogen) atoms. The van der Waals surface area contributed by atoms with E-state index in [-0.39, 0.29) is 12.5 Å². The first-order valence-electron chi connectivity index (χ1n) is 11.8. The van der Waals surface area contributed by atoms with Crippen LogP contribution in [0.1, 0.15) is 37.4 Å². The number of rotatable bonds is 6. The Balaban J connectivity index is 1.62. The van der Waals surface area contributed by atoms with E-state index < -0.39 is 5.97 Å². The number of carbonyl (C=O) groups excluding carboxylic acids is 2. The number of nitrogens with one attached hydrogen (secondary N) is 1. The molecule has 6 nitrogen and oxygen atoms in total. The lowest BCUT2D eigenvalue weighted by Gasteiger charge is -2.09. The quantitative estimate of drug-likeness (QED) is 0.226. The molecule has 0 saturated heterocycles. The molecule has 1 amide bonds. The molecule has 0 unspecified atom stereocenters. The zero-order valence-corrected chi connectivity index (χ0v) is 22.3. The van der Waals surface area contributed by atoms with Crippen LogP contribution in [0.25, 0.3) is 32.6 Å². The van der Waals surface area contributed by atoms with Gasteiger partial charge in [0, 0.05) is 15.8 Å². The number of anilines is 2. The highest BCUT2D eigenvalue weighted by molar-refractivity contribution is 7.21. The van der Waals surface area contributed by atoms with Gasteiger partial charge in [0.2, 0.25) is 0 Å². The van der Waals surface area contributed by atoms with Gasteiger partial charge in [-0.3, -0.25) is 4.79 Å². The molecule has 0 aliphatic rings. The summed E-state index contributed by atoms with van der Waals surface area (Å²) in [5.41, 5.74) is 11.8. The van der Waals surface area contributed by atoms with Crippen molar-refractivity contribution in [1.82, 2.24) is 4.98 Å². The number of hydrogen-bond donors (Lipinski definition) is 2. The molecular formula is C29H25N3O3S2. The molecule has 5 aromatic rings. The van der Waals surface area contributed by atoms with Gasteiger partial charge in [0.1, 0.15) is 14.7 Å².